The summed E-state index contributed by atoms with van der Waals surface area (Å²) in [7, 11) is 1.59. The van der Waals surface area contributed by atoms with E-state index >= 15 is 0 Å². The van der Waals surface area contributed by atoms with E-state index in [1.807, 2.05) is 43.3 Å². The highest BCUT2D eigenvalue weighted by atomic mass is 16.5. The van der Waals surface area contributed by atoms with Crippen LogP contribution in [0.1, 0.15) is 5.56 Å². The Bertz CT molecular complexity index is 629. The van der Waals surface area contributed by atoms with Crippen LogP contribution in [-0.2, 0) is 0 Å². The Labute approximate surface area is 130 Å². The minimum atomic E-state index is -0.277. The number of rotatable bonds is 6. The second-order valence-electron chi connectivity index (χ2n) is 4.78. The van der Waals surface area contributed by atoms with Gasteiger partial charge in [-0.2, -0.15) is 0 Å². The molecule has 0 radical (unpaired) electrons. The summed E-state index contributed by atoms with van der Waals surface area (Å²) in [5.74, 6) is 1.50. The highest BCUT2D eigenvalue weighted by molar-refractivity contribution is 5.89. The van der Waals surface area contributed by atoms with Crippen molar-refractivity contribution in [1.82, 2.24) is 5.32 Å². The summed E-state index contributed by atoms with van der Waals surface area (Å²) < 4.78 is 10.7. The molecule has 0 fully saturated rings. The van der Waals surface area contributed by atoms with Crippen LogP contribution in [0.2, 0.25) is 0 Å². The number of aryl methyl sites for hydroxylation is 1. The normalized spacial score (nSPS) is 9.91. The predicted octanol–water partition coefficient (Wildman–Crippen LogP) is 3.20. The van der Waals surface area contributed by atoms with Gasteiger partial charge in [-0.3, -0.25) is 0 Å². The van der Waals surface area contributed by atoms with Gasteiger partial charge >= 0.3 is 6.03 Å². The van der Waals surface area contributed by atoms with E-state index in [9.17, 15) is 4.79 Å². The van der Waals surface area contributed by atoms with Gasteiger partial charge in [-0.15, -0.1) is 0 Å². The number of urea groups is 1. The molecule has 2 amide bonds. The Morgan fingerprint density at radius 3 is 2.64 bits per heavy atom. The van der Waals surface area contributed by atoms with Crippen LogP contribution in [0.25, 0.3) is 0 Å². The number of amides is 2. The Hall–Kier alpha value is -2.69. The van der Waals surface area contributed by atoms with Gasteiger partial charge in [0.25, 0.3) is 0 Å². The maximum absolute atomic E-state index is 11.8. The van der Waals surface area contributed by atoms with Crippen LogP contribution in [0.4, 0.5) is 10.5 Å². The molecule has 5 heteroatoms. The highest BCUT2D eigenvalue weighted by Crippen LogP contribution is 2.16. The molecule has 116 valence electrons. The molecule has 0 aromatic heterocycles. The van der Waals surface area contributed by atoms with E-state index in [0.717, 1.165) is 11.3 Å². The third kappa shape index (κ3) is 5.01. The van der Waals surface area contributed by atoms with E-state index in [2.05, 4.69) is 10.6 Å². The fourth-order valence-electron chi connectivity index (χ4n) is 1.91. The van der Waals surface area contributed by atoms with Crippen molar-refractivity contribution in [2.45, 2.75) is 6.92 Å². The molecule has 22 heavy (non-hydrogen) atoms. The van der Waals surface area contributed by atoms with Crippen molar-refractivity contribution >= 4 is 11.7 Å². The first kappa shape index (κ1) is 15.7. The average molecular weight is 300 g/mol. The van der Waals surface area contributed by atoms with E-state index < -0.39 is 0 Å². The topological polar surface area (TPSA) is 59.6 Å². The molecule has 2 rings (SSSR count). The van der Waals surface area contributed by atoms with Gasteiger partial charge in [0.15, 0.2) is 0 Å². The summed E-state index contributed by atoms with van der Waals surface area (Å²) >= 11 is 0. The van der Waals surface area contributed by atoms with Crippen LogP contribution >= 0.6 is 0 Å². The molecule has 0 heterocycles. The summed E-state index contributed by atoms with van der Waals surface area (Å²) in [6, 6.07) is 14.7. The number of carbonyl (C=O) groups is 1. The second-order valence-corrected chi connectivity index (χ2v) is 4.78. The molecular weight excluding hydrogens is 280 g/mol. The number of carbonyl (C=O) groups excluding carboxylic acids is 1. The second kappa shape index (κ2) is 7.93. The Morgan fingerprint density at radius 2 is 1.86 bits per heavy atom. The SMILES string of the molecule is COc1cccc(NC(=O)NCCOc2cccc(C)c2)c1. The minimum absolute atomic E-state index is 0.277. The number of anilines is 1. The molecule has 2 aromatic carbocycles. The molecular formula is C17H20N2O3. The fraction of sp³-hybridized carbons (Fsp3) is 0.235. The minimum Gasteiger partial charge on any atom is -0.497 e. The van der Waals surface area contributed by atoms with Gasteiger partial charge in [0.05, 0.1) is 13.7 Å². The van der Waals surface area contributed by atoms with Crippen LogP contribution in [0.3, 0.4) is 0 Å². The van der Waals surface area contributed by atoms with E-state index in [0.29, 0.717) is 24.6 Å². The van der Waals surface area contributed by atoms with Gasteiger partial charge in [0.2, 0.25) is 0 Å². The molecule has 0 saturated carbocycles. The van der Waals surface area contributed by atoms with E-state index in [-0.39, 0.29) is 6.03 Å². The fourth-order valence-corrected chi connectivity index (χ4v) is 1.91. The maximum atomic E-state index is 11.8. The first-order valence-electron chi connectivity index (χ1n) is 7.06. The van der Waals surface area contributed by atoms with Gasteiger partial charge in [-0.25, -0.2) is 4.79 Å². The molecule has 0 aliphatic carbocycles. The van der Waals surface area contributed by atoms with Crippen molar-refractivity contribution in [3.63, 3.8) is 0 Å². The lowest BCUT2D eigenvalue weighted by atomic mass is 10.2. The molecule has 0 aliphatic heterocycles. The lowest BCUT2D eigenvalue weighted by Crippen LogP contribution is -2.32. The van der Waals surface area contributed by atoms with Gasteiger partial charge in [-0.05, 0) is 36.8 Å². The summed E-state index contributed by atoms with van der Waals surface area (Å²) in [6.45, 7) is 2.84. The molecule has 2 N–H and O–H groups in total. The first-order valence-corrected chi connectivity index (χ1v) is 7.06. The quantitative estimate of drug-likeness (QED) is 0.805. The number of nitrogens with one attached hydrogen (secondary N) is 2. The Kier molecular flexibility index (Phi) is 5.65. The van der Waals surface area contributed by atoms with E-state index in [1.165, 1.54) is 0 Å². The molecule has 2 aromatic rings. The molecule has 0 spiro atoms. The molecule has 0 atom stereocenters. The summed E-state index contributed by atoms with van der Waals surface area (Å²) in [5.41, 5.74) is 1.82. The van der Waals surface area contributed by atoms with Crippen molar-refractivity contribution in [2.24, 2.45) is 0 Å². The maximum Gasteiger partial charge on any atom is 0.319 e. The molecule has 0 saturated heterocycles. The van der Waals surface area contributed by atoms with Crippen LogP contribution in [0.15, 0.2) is 48.5 Å². The number of hydrogen-bond donors (Lipinski definition) is 2. The van der Waals surface area contributed by atoms with Crippen LogP contribution < -0.4 is 20.1 Å². The Morgan fingerprint density at radius 1 is 1.09 bits per heavy atom. The van der Waals surface area contributed by atoms with Crippen LogP contribution in [0.5, 0.6) is 11.5 Å². The monoisotopic (exact) mass is 300 g/mol. The number of methoxy groups -OCH3 is 1. The average Bonchev–Trinajstić information content (AvgIpc) is 2.52. The number of hydrogen-bond acceptors (Lipinski definition) is 3. The summed E-state index contributed by atoms with van der Waals surface area (Å²) in [6.07, 6.45) is 0. The standard InChI is InChI=1S/C17H20N2O3/c1-13-5-3-8-16(11-13)22-10-9-18-17(20)19-14-6-4-7-15(12-14)21-2/h3-8,11-12H,9-10H2,1-2H3,(H2,18,19,20). The largest absolute Gasteiger partial charge is 0.497 e. The van der Waals surface area contributed by atoms with Gasteiger partial charge < -0.3 is 20.1 Å². The lowest BCUT2D eigenvalue weighted by Gasteiger charge is -2.10. The molecule has 0 unspecified atom stereocenters. The van der Waals surface area contributed by atoms with E-state index in [4.69, 9.17) is 9.47 Å². The van der Waals surface area contributed by atoms with Gasteiger partial charge in [0.1, 0.15) is 18.1 Å². The van der Waals surface area contributed by atoms with E-state index in [1.54, 1.807) is 19.2 Å². The molecule has 5 nitrogen and oxygen atoms in total. The summed E-state index contributed by atoms with van der Waals surface area (Å²) in [4.78, 5) is 11.8. The first-order chi connectivity index (χ1) is 10.7. The third-order valence-corrected chi connectivity index (χ3v) is 2.97. The molecule has 0 bridgehead atoms. The van der Waals surface area contributed by atoms with Crippen LogP contribution in [-0.4, -0.2) is 26.3 Å². The van der Waals surface area contributed by atoms with Crippen molar-refractivity contribution in [3.05, 3.63) is 54.1 Å². The van der Waals surface area contributed by atoms with Crippen molar-refractivity contribution < 1.29 is 14.3 Å². The van der Waals surface area contributed by atoms with Crippen LogP contribution in [0, 0.1) is 6.92 Å². The summed E-state index contributed by atoms with van der Waals surface area (Å²) in [5, 5.41) is 5.48. The lowest BCUT2D eigenvalue weighted by molar-refractivity contribution is 0.247. The van der Waals surface area contributed by atoms with Crippen molar-refractivity contribution in [3.8, 4) is 11.5 Å². The zero-order valence-electron chi connectivity index (χ0n) is 12.8. The van der Waals surface area contributed by atoms with Crippen molar-refractivity contribution in [1.29, 1.82) is 0 Å². The predicted molar refractivity (Wildman–Crippen MR) is 86.7 cm³/mol. The zero-order valence-corrected chi connectivity index (χ0v) is 12.8. The highest BCUT2D eigenvalue weighted by Gasteiger charge is 2.02. The zero-order chi connectivity index (χ0) is 15.8. The molecule has 0 aliphatic rings. The van der Waals surface area contributed by atoms with Gasteiger partial charge in [-0.1, -0.05) is 18.2 Å². The third-order valence-electron chi connectivity index (χ3n) is 2.97. The van der Waals surface area contributed by atoms with Crippen molar-refractivity contribution in [2.75, 3.05) is 25.6 Å². The number of benzene rings is 2. The smallest absolute Gasteiger partial charge is 0.319 e. The number of ether oxygens (including phenoxy) is 2. The van der Waals surface area contributed by atoms with Gasteiger partial charge in [0, 0.05) is 11.8 Å². The Balaban J connectivity index is 1.71.